The summed E-state index contributed by atoms with van der Waals surface area (Å²) in [6, 6.07) is 3.06. The Morgan fingerprint density at radius 2 is 2.13 bits per heavy atom. The zero-order chi connectivity index (χ0) is 10.7. The zero-order valence-corrected chi connectivity index (χ0v) is 9.33. The summed E-state index contributed by atoms with van der Waals surface area (Å²) in [7, 11) is 0. The Balaban J connectivity index is 1.97. The van der Waals surface area contributed by atoms with Gasteiger partial charge in [0.15, 0.2) is 0 Å². The summed E-state index contributed by atoms with van der Waals surface area (Å²) in [4.78, 5) is 8.38. The fourth-order valence-corrected chi connectivity index (χ4v) is 1.31. The molecule has 1 unspecified atom stereocenters. The predicted octanol–water partition coefficient (Wildman–Crippen LogP) is 2.26. The van der Waals surface area contributed by atoms with Gasteiger partial charge in [0.25, 0.3) is 0 Å². The average molecular weight is 206 g/mol. The lowest BCUT2D eigenvalue weighted by atomic mass is 10.2. The van der Waals surface area contributed by atoms with Crippen molar-refractivity contribution in [2.75, 3.05) is 10.6 Å². The average Bonchev–Trinajstić information content (AvgIpc) is 3.02. The van der Waals surface area contributed by atoms with Crippen molar-refractivity contribution in [3.63, 3.8) is 0 Å². The van der Waals surface area contributed by atoms with Crippen molar-refractivity contribution in [3.8, 4) is 0 Å². The Kier molecular flexibility index (Phi) is 3.04. The molecule has 0 aliphatic heterocycles. The van der Waals surface area contributed by atoms with Gasteiger partial charge in [-0.15, -0.1) is 0 Å². The van der Waals surface area contributed by atoms with Gasteiger partial charge in [-0.3, -0.25) is 0 Å². The molecular formula is C11H18N4. The van der Waals surface area contributed by atoms with Crippen molar-refractivity contribution < 1.29 is 0 Å². The molecular weight excluding hydrogens is 188 g/mol. The van der Waals surface area contributed by atoms with Crippen molar-refractivity contribution >= 4 is 11.6 Å². The van der Waals surface area contributed by atoms with E-state index in [0.29, 0.717) is 12.1 Å². The molecule has 1 aliphatic carbocycles. The van der Waals surface area contributed by atoms with Gasteiger partial charge in [-0.2, -0.15) is 0 Å². The lowest BCUT2D eigenvalue weighted by Gasteiger charge is -2.12. The molecule has 2 rings (SSSR count). The molecule has 1 atom stereocenters. The molecule has 1 heterocycles. The van der Waals surface area contributed by atoms with E-state index in [1.54, 1.807) is 6.33 Å². The second-order valence-corrected chi connectivity index (χ2v) is 4.16. The number of hydrogen-bond acceptors (Lipinski definition) is 4. The van der Waals surface area contributed by atoms with E-state index < -0.39 is 0 Å². The maximum atomic E-state index is 4.19. The van der Waals surface area contributed by atoms with E-state index in [2.05, 4.69) is 34.4 Å². The van der Waals surface area contributed by atoms with Crippen molar-refractivity contribution in [3.05, 3.63) is 12.4 Å². The molecule has 82 valence electrons. The van der Waals surface area contributed by atoms with Crippen LogP contribution in [-0.4, -0.2) is 22.1 Å². The molecule has 0 amide bonds. The molecule has 1 aliphatic rings. The molecule has 4 heteroatoms. The Morgan fingerprint density at radius 3 is 2.80 bits per heavy atom. The van der Waals surface area contributed by atoms with Gasteiger partial charge in [-0.25, -0.2) is 9.97 Å². The van der Waals surface area contributed by atoms with Crippen LogP contribution in [0.1, 0.15) is 33.1 Å². The standard InChI is InChI=1S/C11H18N4/c1-3-8(2)14-10-6-11(13-7-12-10)15-9-4-5-9/h6-9H,3-5H2,1-2H3,(H2,12,13,14,15). The number of nitrogens with one attached hydrogen (secondary N) is 2. The fourth-order valence-electron chi connectivity index (χ4n) is 1.31. The lowest BCUT2D eigenvalue weighted by Crippen LogP contribution is -2.15. The summed E-state index contributed by atoms with van der Waals surface area (Å²) in [5.41, 5.74) is 0. The molecule has 0 radical (unpaired) electrons. The second kappa shape index (κ2) is 4.47. The highest BCUT2D eigenvalue weighted by molar-refractivity contribution is 5.47. The van der Waals surface area contributed by atoms with Crippen LogP contribution in [0.5, 0.6) is 0 Å². The lowest BCUT2D eigenvalue weighted by molar-refractivity contribution is 0.758. The summed E-state index contributed by atoms with van der Waals surface area (Å²) < 4.78 is 0. The minimum atomic E-state index is 0.452. The smallest absolute Gasteiger partial charge is 0.131 e. The van der Waals surface area contributed by atoms with Crippen molar-refractivity contribution in [1.82, 2.24) is 9.97 Å². The summed E-state index contributed by atoms with van der Waals surface area (Å²) in [6.07, 6.45) is 5.22. The van der Waals surface area contributed by atoms with E-state index >= 15 is 0 Å². The van der Waals surface area contributed by atoms with Crippen molar-refractivity contribution in [1.29, 1.82) is 0 Å². The second-order valence-electron chi connectivity index (χ2n) is 4.16. The highest BCUT2D eigenvalue weighted by Crippen LogP contribution is 2.24. The van der Waals surface area contributed by atoms with Crippen LogP contribution in [0.2, 0.25) is 0 Å². The number of rotatable bonds is 5. The quantitative estimate of drug-likeness (QED) is 0.776. The molecule has 4 nitrogen and oxygen atoms in total. The van der Waals surface area contributed by atoms with Gasteiger partial charge in [0, 0.05) is 18.2 Å². The molecule has 1 saturated carbocycles. The number of hydrogen-bond donors (Lipinski definition) is 2. The first-order valence-corrected chi connectivity index (χ1v) is 5.63. The van der Waals surface area contributed by atoms with E-state index in [1.165, 1.54) is 12.8 Å². The summed E-state index contributed by atoms with van der Waals surface area (Å²) >= 11 is 0. The van der Waals surface area contributed by atoms with E-state index in [4.69, 9.17) is 0 Å². The van der Waals surface area contributed by atoms with Crippen LogP contribution < -0.4 is 10.6 Å². The van der Waals surface area contributed by atoms with Crippen LogP contribution >= 0.6 is 0 Å². The molecule has 2 N–H and O–H groups in total. The Morgan fingerprint density at radius 1 is 1.40 bits per heavy atom. The first-order chi connectivity index (χ1) is 7.28. The van der Waals surface area contributed by atoms with Crippen LogP contribution in [0.3, 0.4) is 0 Å². The molecule has 0 saturated heterocycles. The Labute approximate surface area is 90.5 Å². The third kappa shape index (κ3) is 3.08. The first kappa shape index (κ1) is 10.2. The van der Waals surface area contributed by atoms with Crippen LogP contribution in [0.4, 0.5) is 11.6 Å². The monoisotopic (exact) mass is 206 g/mol. The van der Waals surface area contributed by atoms with Gasteiger partial charge in [-0.05, 0) is 26.2 Å². The van der Waals surface area contributed by atoms with E-state index in [9.17, 15) is 0 Å². The third-order valence-corrected chi connectivity index (χ3v) is 2.60. The van der Waals surface area contributed by atoms with Crippen LogP contribution in [0.25, 0.3) is 0 Å². The van der Waals surface area contributed by atoms with Crippen LogP contribution in [0, 0.1) is 0 Å². The molecule has 1 fully saturated rings. The highest BCUT2D eigenvalue weighted by Gasteiger charge is 2.21. The maximum Gasteiger partial charge on any atom is 0.131 e. The molecule has 0 aromatic carbocycles. The largest absolute Gasteiger partial charge is 0.367 e. The fraction of sp³-hybridized carbons (Fsp3) is 0.636. The number of anilines is 2. The van der Waals surface area contributed by atoms with Crippen molar-refractivity contribution in [2.45, 2.75) is 45.2 Å². The minimum Gasteiger partial charge on any atom is -0.367 e. The highest BCUT2D eigenvalue weighted by atomic mass is 15.1. The molecule has 1 aromatic heterocycles. The molecule has 0 spiro atoms. The summed E-state index contributed by atoms with van der Waals surface area (Å²) in [6.45, 7) is 4.30. The SMILES string of the molecule is CCC(C)Nc1cc(NC2CC2)ncn1. The van der Waals surface area contributed by atoms with Gasteiger partial charge in [0.05, 0.1) is 0 Å². The van der Waals surface area contributed by atoms with E-state index in [-0.39, 0.29) is 0 Å². The Hall–Kier alpha value is -1.32. The van der Waals surface area contributed by atoms with Gasteiger partial charge >= 0.3 is 0 Å². The van der Waals surface area contributed by atoms with Crippen LogP contribution in [0.15, 0.2) is 12.4 Å². The molecule has 1 aromatic rings. The Bertz CT molecular complexity index is 322. The summed E-state index contributed by atoms with van der Waals surface area (Å²) in [5, 5.41) is 6.69. The zero-order valence-electron chi connectivity index (χ0n) is 9.33. The maximum absolute atomic E-state index is 4.19. The third-order valence-electron chi connectivity index (χ3n) is 2.60. The number of nitrogens with zero attached hydrogens (tertiary/aromatic N) is 2. The first-order valence-electron chi connectivity index (χ1n) is 5.63. The molecule has 0 bridgehead atoms. The van der Waals surface area contributed by atoms with Crippen LogP contribution in [-0.2, 0) is 0 Å². The summed E-state index contributed by atoms with van der Waals surface area (Å²) in [5.74, 6) is 1.83. The minimum absolute atomic E-state index is 0.452. The molecule has 15 heavy (non-hydrogen) atoms. The van der Waals surface area contributed by atoms with Crippen molar-refractivity contribution in [2.24, 2.45) is 0 Å². The predicted molar refractivity (Wildman–Crippen MR) is 62.1 cm³/mol. The number of aromatic nitrogens is 2. The van der Waals surface area contributed by atoms with Gasteiger partial charge in [0.1, 0.15) is 18.0 Å². The van der Waals surface area contributed by atoms with Gasteiger partial charge in [0.2, 0.25) is 0 Å². The van der Waals surface area contributed by atoms with E-state index in [1.807, 2.05) is 6.07 Å². The topological polar surface area (TPSA) is 49.8 Å². The van der Waals surface area contributed by atoms with E-state index in [0.717, 1.165) is 18.1 Å². The normalized spacial score (nSPS) is 17.2. The van der Waals surface area contributed by atoms with Gasteiger partial charge < -0.3 is 10.6 Å². The van der Waals surface area contributed by atoms with Gasteiger partial charge in [-0.1, -0.05) is 6.92 Å².